The van der Waals surface area contributed by atoms with Crippen LogP contribution in [0.25, 0.3) is 0 Å². The molecule has 1 saturated carbocycles. The molecular formula is C31H36N2O4. The van der Waals surface area contributed by atoms with Gasteiger partial charge in [0, 0.05) is 19.0 Å². The predicted octanol–water partition coefficient (Wildman–Crippen LogP) is 4.95. The maximum atomic E-state index is 13.9. The minimum absolute atomic E-state index is 0.0956. The van der Waals surface area contributed by atoms with E-state index in [9.17, 15) is 9.59 Å². The molecule has 1 N–H and O–H groups in total. The van der Waals surface area contributed by atoms with Crippen LogP contribution >= 0.6 is 0 Å². The minimum Gasteiger partial charge on any atom is -0.497 e. The summed E-state index contributed by atoms with van der Waals surface area (Å²) in [6, 6.07) is 24.6. The van der Waals surface area contributed by atoms with Gasteiger partial charge in [0.1, 0.15) is 17.5 Å². The minimum atomic E-state index is -0.639. The molecule has 0 aliphatic heterocycles. The number of methoxy groups -OCH3 is 2. The fourth-order valence-corrected chi connectivity index (χ4v) is 4.91. The van der Waals surface area contributed by atoms with Crippen LogP contribution in [0.3, 0.4) is 0 Å². The smallest absolute Gasteiger partial charge is 0.243 e. The van der Waals surface area contributed by atoms with E-state index >= 15 is 0 Å². The molecule has 0 aromatic heterocycles. The molecule has 6 nitrogen and oxygen atoms in total. The van der Waals surface area contributed by atoms with Crippen molar-refractivity contribution in [2.75, 3.05) is 14.2 Å². The molecule has 0 unspecified atom stereocenters. The third kappa shape index (κ3) is 7.35. The van der Waals surface area contributed by atoms with E-state index in [0.29, 0.717) is 13.0 Å². The maximum absolute atomic E-state index is 13.9. The first-order valence-corrected chi connectivity index (χ1v) is 13.0. The normalized spacial score (nSPS) is 14.1. The van der Waals surface area contributed by atoms with Crippen LogP contribution in [0.1, 0.15) is 42.4 Å². The Morgan fingerprint density at radius 2 is 1.51 bits per heavy atom. The Morgan fingerprint density at radius 3 is 2.19 bits per heavy atom. The molecule has 194 valence electrons. The number of carbonyl (C=O) groups is 2. The molecule has 1 atom stereocenters. The van der Waals surface area contributed by atoms with E-state index in [2.05, 4.69) is 5.32 Å². The highest BCUT2D eigenvalue weighted by Crippen LogP contribution is 2.22. The maximum Gasteiger partial charge on any atom is 0.243 e. The van der Waals surface area contributed by atoms with Gasteiger partial charge in [-0.25, -0.2) is 0 Å². The van der Waals surface area contributed by atoms with Crippen molar-refractivity contribution in [2.45, 2.75) is 57.2 Å². The Morgan fingerprint density at radius 1 is 0.838 bits per heavy atom. The quantitative estimate of drug-likeness (QED) is 0.405. The fraction of sp³-hybridized carbons (Fsp3) is 0.355. The summed E-state index contributed by atoms with van der Waals surface area (Å²) in [4.78, 5) is 29.4. The monoisotopic (exact) mass is 500 g/mol. The zero-order valence-electron chi connectivity index (χ0n) is 21.7. The molecule has 2 amide bonds. The van der Waals surface area contributed by atoms with Gasteiger partial charge in [-0.3, -0.25) is 9.59 Å². The summed E-state index contributed by atoms with van der Waals surface area (Å²) in [5, 5.41) is 3.25. The van der Waals surface area contributed by atoms with Crippen LogP contribution in [0, 0.1) is 0 Å². The van der Waals surface area contributed by atoms with E-state index in [1.807, 2.05) is 78.9 Å². The lowest BCUT2D eigenvalue weighted by molar-refractivity contribution is -0.141. The Kier molecular flexibility index (Phi) is 9.19. The van der Waals surface area contributed by atoms with Crippen LogP contribution in [0.5, 0.6) is 11.5 Å². The summed E-state index contributed by atoms with van der Waals surface area (Å²) < 4.78 is 10.7. The number of hydrogen-bond donors (Lipinski definition) is 1. The molecule has 0 spiro atoms. The van der Waals surface area contributed by atoms with Crippen LogP contribution in [0.4, 0.5) is 0 Å². The highest BCUT2D eigenvalue weighted by Gasteiger charge is 2.32. The number of ether oxygens (including phenoxy) is 2. The molecule has 1 fully saturated rings. The number of amides is 2. The van der Waals surface area contributed by atoms with E-state index < -0.39 is 6.04 Å². The Bertz CT molecular complexity index is 1160. The van der Waals surface area contributed by atoms with Gasteiger partial charge in [0.05, 0.1) is 20.6 Å². The Labute approximate surface area is 219 Å². The second kappa shape index (κ2) is 12.9. The van der Waals surface area contributed by atoms with E-state index in [-0.39, 0.29) is 24.3 Å². The molecule has 0 radical (unpaired) electrons. The summed E-state index contributed by atoms with van der Waals surface area (Å²) in [6.07, 6.45) is 4.85. The van der Waals surface area contributed by atoms with Gasteiger partial charge < -0.3 is 19.7 Å². The molecule has 1 aliphatic carbocycles. The first-order valence-electron chi connectivity index (χ1n) is 13.0. The molecule has 1 aliphatic rings. The van der Waals surface area contributed by atoms with Gasteiger partial charge in [0.15, 0.2) is 0 Å². The summed E-state index contributed by atoms with van der Waals surface area (Å²) in [6.45, 7) is 0.307. The van der Waals surface area contributed by atoms with Crippen molar-refractivity contribution in [3.63, 3.8) is 0 Å². The number of benzene rings is 3. The Balaban J connectivity index is 1.65. The molecule has 6 heteroatoms. The first-order chi connectivity index (χ1) is 18.1. The van der Waals surface area contributed by atoms with Crippen molar-refractivity contribution in [1.82, 2.24) is 10.2 Å². The standard InChI is InChI=1S/C31H36N2O4/c1-36-27-17-15-24(16-18-27)21-30(34)33(22-25-11-8-14-28(19-25)37-2)29(20-23-9-4-3-5-10-23)31(35)32-26-12-6-7-13-26/h3-5,8-11,14-19,26,29H,6-7,12-13,20-22H2,1-2H3,(H,32,35)/t29-/m0/s1. The highest BCUT2D eigenvalue weighted by atomic mass is 16.5. The zero-order chi connectivity index (χ0) is 26.0. The van der Waals surface area contributed by atoms with Crippen molar-refractivity contribution in [2.24, 2.45) is 0 Å². The van der Waals surface area contributed by atoms with Crippen molar-refractivity contribution in [3.05, 3.63) is 95.6 Å². The van der Waals surface area contributed by atoms with Crippen molar-refractivity contribution >= 4 is 11.8 Å². The number of nitrogens with one attached hydrogen (secondary N) is 1. The second-order valence-corrected chi connectivity index (χ2v) is 9.59. The van der Waals surface area contributed by atoms with Gasteiger partial charge in [0.2, 0.25) is 11.8 Å². The zero-order valence-corrected chi connectivity index (χ0v) is 21.7. The molecule has 4 rings (SSSR count). The van der Waals surface area contributed by atoms with E-state index in [1.165, 1.54) is 0 Å². The van der Waals surface area contributed by atoms with Gasteiger partial charge in [-0.15, -0.1) is 0 Å². The number of nitrogens with zero attached hydrogens (tertiary/aromatic N) is 1. The average Bonchev–Trinajstić information content (AvgIpc) is 3.44. The fourth-order valence-electron chi connectivity index (χ4n) is 4.91. The average molecular weight is 501 g/mol. The molecule has 0 bridgehead atoms. The molecule has 3 aromatic carbocycles. The molecule has 3 aromatic rings. The van der Waals surface area contributed by atoms with E-state index in [0.717, 1.165) is 53.9 Å². The van der Waals surface area contributed by atoms with E-state index in [4.69, 9.17) is 9.47 Å². The van der Waals surface area contributed by atoms with Crippen LogP contribution in [0.2, 0.25) is 0 Å². The second-order valence-electron chi connectivity index (χ2n) is 9.59. The van der Waals surface area contributed by atoms with Gasteiger partial charge in [-0.2, -0.15) is 0 Å². The highest BCUT2D eigenvalue weighted by molar-refractivity contribution is 5.89. The number of carbonyl (C=O) groups excluding carboxylic acids is 2. The lowest BCUT2D eigenvalue weighted by atomic mass is 10.0. The molecule has 37 heavy (non-hydrogen) atoms. The number of hydrogen-bond acceptors (Lipinski definition) is 4. The first kappa shape index (κ1) is 26.3. The molecular weight excluding hydrogens is 464 g/mol. The van der Waals surface area contributed by atoms with Crippen LogP contribution in [-0.4, -0.2) is 43.0 Å². The largest absolute Gasteiger partial charge is 0.497 e. The van der Waals surface area contributed by atoms with Gasteiger partial charge in [-0.1, -0.05) is 67.4 Å². The van der Waals surface area contributed by atoms with E-state index in [1.54, 1.807) is 19.1 Å². The third-order valence-corrected chi connectivity index (χ3v) is 6.97. The van der Waals surface area contributed by atoms with Crippen LogP contribution in [0.15, 0.2) is 78.9 Å². The lowest BCUT2D eigenvalue weighted by Gasteiger charge is -2.32. The van der Waals surface area contributed by atoms with Crippen molar-refractivity contribution in [1.29, 1.82) is 0 Å². The predicted molar refractivity (Wildman–Crippen MR) is 145 cm³/mol. The van der Waals surface area contributed by atoms with Crippen molar-refractivity contribution < 1.29 is 19.1 Å². The summed E-state index contributed by atoms with van der Waals surface area (Å²) in [5.41, 5.74) is 2.80. The van der Waals surface area contributed by atoms with Crippen LogP contribution in [-0.2, 0) is 29.0 Å². The Hall–Kier alpha value is -3.80. The van der Waals surface area contributed by atoms with Gasteiger partial charge >= 0.3 is 0 Å². The lowest BCUT2D eigenvalue weighted by Crippen LogP contribution is -2.52. The van der Waals surface area contributed by atoms with Crippen LogP contribution < -0.4 is 14.8 Å². The number of rotatable bonds is 11. The summed E-state index contributed by atoms with van der Waals surface area (Å²) in [5.74, 6) is 1.26. The van der Waals surface area contributed by atoms with Gasteiger partial charge in [-0.05, 0) is 53.8 Å². The SMILES string of the molecule is COc1ccc(CC(=O)N(Cc2cccc(OC)c2)[C@@H](Cc2ccccc2)C(=O)NC2CCCC2)cc1. The van der Waals surface area contributed by atoms with Gasteiger partial charge in [0.25, 0.3) is 0 Å². The topological polar surface area (TPSA) is 67.9 Å². The molecule has 0 heterocycles. The molecule has 0 saturated heterocycles. The summed E-state index contributed by atoms with van der Waals surface area (Å²) >= 11 is 0. The van der Waals surface area contributed by atoms with Crippen molar-refractivity contribution in [3.8, 4) is 11.5 Å². The third-order valence-electron chi connectivity index (χ3n) is 6.97. The summed E-state index contributed by atoms with van der Waals surface area (Å²) in [7, 11) is 3.24.